The molecule has 0 aliphatic heterocycles. The van der Waals surface area contributed by atoms with Crippen LogP contribution < -0.4 is 5.14 Å². The van der Waals surface area contributed by atoms with Gasteiger partial charge in [0.05, 0.1) is 4.90 Å². The SMILES string of the molecule is NS(=O)(=O)c1ccc(S)cc1. The van der Waals surface area contributed by atoms with Crippen molar-refractivity contribution in [2.45, 2.75) is 9.79 Å². The van der Waals surface area contributed by atoms with Crippen LogP contribution in [0.5, 0.6) is 0 Å². The van der Waals surface area contributed by atoms with E-state index in [0.717, 1.165) is 0 Å². The third-order valence-corrected chi connectivity index (χ3v) is 2.39. The van der Waals surface area contributed by atoms with Crippen molar-refractivity contribution in [3.8, 4) is 0 Å². The van der Waals surface area contributed by atoms with E-state index in [1.807, 2.05) is 0 Å². The van der Waals surface area contributed by atoms with Gasteiger partial charge in [0.25, 0.3) is 0 Å². The van der Waals surface area contributed by atoms with Crippen molar-refractivity contribution < 1.29 is 8.42 Å². The van der Waals surface area contributed by atoms with Crippen molar-refractivity contribution >= 4 is 22.7 Å². The molecule has 0 fully saturated rings. The summed E-state index contributed by atoms with van der Waals surface area (Å²) < 4.78 is 21.4. The van der Waals surface area contributed by atoms with Gasteiger partial charge < -0.3 is 0 Å². The second-order valence-corrected chi connectivity index (χ2v) is 4.12. The number of nitrogens with two attached hydrogens (primary N) is 1. The molecule has 0 saturated heterocycles. The Kier molecular flexibility index (Phi) is 2.22. The Balaban J connectivity index is 3.20. The second kappa shape index (κ2) is 2.84. The van der Waals surface area contributed by atoms with E-state index < -0.39 is 10.0 Å². The summed E-state index contributed by atoms with van der Waals surface area (Å²) in [6.45, 7) is 0. The first-order valence-electron chi connectivity index (χ1n) is 2.82. The molecule has 0 aromatic heterocycles. The molecule has 0 heterocycles. The van der Waals surface area contributed by atoms with Gasteiger partial charge in [-0.1, -0.05) is 0 Å². The molecule has 3 nitrogen and oxygen atoms in total. The normalized spacial score (nSPS) is 11.5. The Morgan fingerprint density at radius 2 is 1.64 bits per heavy atom. The standard InChI is InChI=1S/C6H7NO2S2/c7-11(8,9)6-3-1-5(10)2-4-6/h1-4,10H,(H2,7,8,9). The van der Waals surface area contributed by atoms with Crippen LogP contribution in [0, 0.1) is 0 Å². The van der Waals surface area contributed by atoms with E-state index in [1.165, 1.54) is 12.1 Å². The van der Waals surface area contributed by atoms with E-state index in [0.29, 0.717) is 4.90 Å². The van der Waals surface area contributed by atoms with Gasteiger partial charge in [-0.05, 0) is 24.3 Å². The number of hydrogen-bond acceptors (Lipinski definition) is 3. The van der Waals surface area contributed by atoms with Crippen LogP contribution in [0.15, 0.2) is 34.1 Å². The summed E-state index contributed by atoms with van der Waals surface area (Å²) in [6.07, 6.45) is 0. The average Bonchev–Trinajstić information content (AvgIpc) is 1.86. The molecule has 60 valence electrons. The lowest BCUT2D eigenvalue weighted by Crippen LogP contribution is -2.11. The van der Waals surface area contributed by atoms with Crippen LogP contribution in [0.25, 0.3) is 0 Å². The maximum absolute atomic E-state index is 10.7. The molecule has 11 heavy (non-hydrogen) atoms. The van der Waals surface area contributed by atoms with E-state index in [2.05, 4.69) is 12.6 Å². The topological polar surface area (TPSA) is 60.2 Å². The minimum Gasteiger partial charge on any atom is -0.225 e. The van der Waals surface area contributed by atoms with Crippen LogP contribution in [-0.4, -0.2) is 8.42 Å². The molecule has 1 aromatic carbocycles. The van der Waals surface area contributed by atoms with Crippen molar-refractivity contribution in [2.24, 2.45) is 5.14 Å². The van der Waals surface area contributed by atoms with E-state index in [-0.39, 0.29) is 4.90 Å². The zero-order chi connectivity index (χ0) is 8.48. The smallest absolute Gasteiger partial charge is 0.225 e. The fourth-order valence-electron chi connectivity index (χ4n) is 0.636. The van der Waals surface area contributed by atoms with Crippen LogP contribution in [0.3, 0.4) is 0 Å². The van der Waals surface area contributed by atoms with E-state index in [4.69, 9.17) is 5.14 Å². The number of thiol groups is 1. The molecule has 1 aromatic rings. The first-order valence-corrected chi connectivity index (χ1v) is 4.81. The minimum absolute atomic E-state index is 0.107. The van der Waals surface area contributed by atoms with Gasteiger partial charge in [0.1, 0.15) is 0 Å². The maximum atomic E-state index is 10.7. The summed E-state index contributed by atoms with van der Waals surface area (Å²) in [5.74, 6) is 0. The molecule has 2 N–H and O–H groups in total. The monoisotopic (exact) mass is 189 g/mol. The Morgan fingerprint density at radius 3 is 2.00 bits per heavy atom. The summed E-state index contributed by atoms with van der Waals surface area (Å²) >= 11 is 3.99. The highest BCUT2D eigenvalue weighted by molar-refractivity contribution is 7.89. The summed E-state index contributed by atoms with van der Waals surface area (Å²) in [7, 11) is -3.55. The van der Waals surface area contributed by atoms with Gasteiger partial charge in [0.2, 0.25) is 10.0 Å². The molecule has 0 amide bonds. The zero-order valence-electron chi connectivity index (χ0n) is 5.56. The third kappa shape index (κ3) is 2.21. The quantitative estimate of drug-likeness (QED) is 0.636. The predicted molar refractivity (Wildman–Crippen MR) is 45.1 cm³/mol. The van der Waals surface area contributed by atoms with Gasteiger partial charge in [0, 0.05) is 4.90 Å². The minimum atomic E-state index is -3.55. The first kappa shape index (κ1) is 8.58. The number of sulfonamides is 1. The van der Waals surface area contributed by atoms with E-state index in [1.54, 1.807) is 12.1 Å². The van der Waals surface area contributed by atoms with Crippen LogP contribution in [0.1, 0.15) is 0 Å². The molecule has 0 spiro atoms. The molecule has 0 unspecified atom stereocenters. The fraction of sp³-hybridized carbons (Fsp3) is 0. The van der Waals surface area contributed by atoms with Crippen LogP contribution in [0.4, 0.5) is 0 Å². The van der Waals surface area contributed by atoms with Crippen LogP contribution in [0.2, 0.25) is 0 Å². The van der Waals surface area contributed by atoms with Gasteiger partial charge in [-0.15, -0.1) is 12.6 Å². The lowest BCUT2D eigenvalue weighted by Gasteiger charge is -1.96. The van der Waals surface area contributed by atoms with Crippen molar-refractivity contribution in [3.63, 3.8) is 0 Å². The Labute approximate surface area is 70.7 Å². The van der Waals surface area contributed by atoms with Crippen molar-refractivity contribution in [2.75, 3.05) is 0 Å². The van der Waals surface area contributed by atoms with E-state index >= 15 is 0 Å². The molecular formula is C6H7NO2S2. The Bertz CT molecular complexity index is 341. The van der Waals surface area contributed by atoms with Crippen molar-refractivity contribution in [1.29, 1.82) is 0 Å². The molecule has 1 rings (SSSR count). The summed E-state index contributed by atoms with van der Waals surface area (Å²) in [5.41, 5.74) is 0. The fourth-order valence-corrected chi connectivity index (χ4v) is 1.30. The molecule has 5 heteroatoms. The Morgan fingerprint density at radius 1 is 1.18 bits per heavy atom. The third-order valence-electron chi connectivity index (χ3n) is 1.17. The van der Waals surface area contributed by atoms with Crippen molar-refractivity contribution in [1.82, 2.24) is 0 Å². The lowest BCUT2D eigenvalue weighted by atomic mass is 10.4. The predicted octanol–water partition coefficient (Wildman–Crippen LogP) is 0.623. The van der Waals surface area contributed by atoms with Gasteiger partial charge in [-0.3, -0.25) is 0 Å². The number of rotatable bonds is 1. The van der Waals surface area contributed by atoms with Gasteiger partial charge >= 0.3 is 0 Å². The van der Waals surface area contributed by atoms with Gasteiger partial charge in [-0.2, -0.15) is 0 Å². The number of primary sulfonamides is 1. The zero-order valence-corrected chi connectivity index (χ0v) is 7.27. The molecular weight excluding hydrogens is 182 g/mol. The largest absolute Gasteiger partial charge is 0.238 e. The highest BCUT2D eigenvalue weighted by Gasteiger charge is 2.04. The Hall–Kier alpha value is -0.520. The highest BCUT2D eigenvalue weighted by Crippen LogP contribution is 2.10. The number of hydrogen-bond donors (Lipinski definition) is 2. The molecule has 0 aliphatic carbocycles. The maximum Gasteiger partial charge on any atom is 0.238 e. The molecule has 0 atom stereocenters. The summed E-state index contributed by atoms with van der Waals surface area (Å²) in [4.78, 5) is 0.813. The van der Waals surface area contributed by atoms with Gasteiger partial charge in [0.15, 0.2) is 0 Å². The van der Waals surface area contributed by atoms with Gasteiger partial charge in [-0.25, -0.2) is 13.6 Å². The highest BCUT2D eigenvalue weighted by atomic mass is 32.2. The lowest BCUT2D eigenvalue weighted by molar-refractivity contribution is 0.597. The second-order valence-electron chi connectivity index (χ2n) is 2.04. The molecule has 0 radical (unpaired) electrons. The van der Waals surface area contributed by atoms with Crippen LogP contribution >= 0.6 is 12.6 Å². The van der Waals surface area contributed by atoms with Crippen LogP contribution in [-0.2, 0) is 10.0 Å². The molecule has 0 bridgehead atoms. The summed E-state index contributed by atoms with van der Waals surface area (Å²) in [5, 5.41) is 4.85. The average molecular weight is 189 g/mol. The summed E-state index contributed by atoms with van der Waals surface area (Å²) in [6, 6.07) is 5.97. The molecule has 0 aliphatic rings. The first-order chi connectivity index (χ1) is 5.00. The van der Waals surface area contributed by atoms with Crippen molar-refractivity contribution in [3.05, 3.63) is 24.3 Å². The molecule has 0 saturated carbocycles. The van der Waals surface area contributed by atoms with E-state index in [9.17, 15) is 8.42 Å². The number of benzene rings is 1.